The van der Waals surface area contributed by atoms with Crippen LogP contribution in [-0.2, 0) is 0 Å². The first kappa shape index (κ1) is 8.76. The monoisotopic (exact) mass is 188 g/mol. The number of carbonyl (C=O) groups excluding carboxylic acids is 1. The Morgan fingerprint density at radius 1 is 1.75 bits per heavy atom. The van der Waals surface area contributed by atoms with E-state index >= 15 is 0 Å². The van der Waals surface area contributed by atoms with Gasteiger partial charge in [-0.2, -0.15) is 0 Å². The molecule has 12 heavy (non-hydrogen) atoms. The Morgan fingerprint density at radius 2 is 2.50 bits per heavy atom. The number of ether oxygens (including phenoxy) is 1. The molecule has 0 aliphatic heterocycles. The summed E-state index contributed by atoms with van der Waals surface area (Å²) in [6, 6.07) is 3.00. The molecule has 6 heteroatoms. The van der Waals surface area contributed by atoms with Crippen molar-refractivity contribution in [2.24, 2.45) is 0 Å². The van der Waals surface area contributed by atoms with E-state index < -0.39 is 6.09 Å². The quantitative estimate of drug-likeness (QED) is 0.395. The first-order chi connectivity index (χ1) is 5.74. The molecule has 1 amide bonds. The van der Waals surface area contributed by atoms with Crippen LogP contribution in [0.5, 0.6) is 5.75 Å². The van der Waals surface area contributed by atoms with Gasteiger partial charge in [0, 0.05) is 6.20 Å². The lowest BCUT2D eigenvalue weighted by Gasteiger charge is -2.02. The van der Waals surface area contributed by atoms with Crippen molar-refractivity contribution in [2.45, 2.75) is 0 Å². The molecule has 0 aromatic carbocycles. The van der Waals surface area contributed by atoms with Gasteiger partial charge in [0.05, 0.1) is 0 Å². The van der Waals surface area contributed by atoms with E-state index in [1.807, 2.05) is 0 Å². The van der Waals surface area contributed by atoms with Gasteiger partial charge in [0.1, 0.15) is 0 Å². The van der Waals surface area contributed by atoms with Gasteiger partial charge in [-0.15, -0.1) is 0 Å². The minimum absolute atomic E-state index is 0.0566. The van der Waals surface area contributed by atoms with Crippen LogP contribution < -0.4 is 10.2 Å². The van der Waals surface area contributed by atoms with Crippen LogP contribution in [0.25, 0.3) is 0 Å². The number of hydrogen-bond acceptors (Lipinski definition) is 4. The number of carbonyl (C=O) groups is 1. The van der Waals surface area contributed by atoms with Crippen molar-refractivity contribution >= 4 is 17.7 Å². The predicted molar refractivity (Wildman–Crippen MR) is 40.2 cm³/mol. The summed E-state index contributed by atoms with van der Waals surface area (Å²) in [4.78, 5) is 14.1. The Balaban J connectivity index is 2.75. The highest BCUT2D eigenvalue weighted by Gasteiger charge is 2.05. The molecule has 64 valence electrons. The fourth-order valence-electron chi connectivity index (χ4n) is 0.570. The third-order valence-electron chi connectivity index (χ3n) is 1.02. The molecule has 0 bridgehead atoms. The summed E-state index contributed by atoms with van der Waals surface area (Å²) in [5.41, 5.74) is 1.29. The molecule has 0 fully saturated rings. The fraction of sp³-hybridized carbons (Fsp3) is 0. The van der Waals surface area contributed by atoms with Crippen LogP contribution in [-0.4, -0.2) is 16.3 Å². The third kappa shape index (κ3) is 2.08. The molecule has 0 saturated heterocycles. The topological polar surface area (TPSA) is 71.5 Å². The Bertz CT molecular complexity index is 292. The summed E-state index contributed by atoms with van der Waals surface area (Å²) in [5.74, 6) is 0.0886. The van der Waals surface area contributed by atoms with Crippen molar-refractivity contribution < 1.29 is 14.7 Å². The molecule has 0 spiro atoms. The van der Waals surface area contributed by atoms with Gasteiger partial charge in [-0.1, -0.05) is 11.6 Å². The van der Waals surface area contributed by atoms with Crippen LogP contribution >= 0.6 is 11.6 Å². The van der Waals surface area contributed by atoms with Crippen LogP contribution in [0, 0.1) is 0 Å². The van der Waals surface area contributed by atoms with Gasteiger partial charge in [0.25, 0.3) is 0 Å². The maximum absolute atomic E-state index is 10.5. The molecule has 1 aromatic rings. The Kier molecular flexibility index (Phi) is 2.84. The van der Waals surface area contributed by atoms with E-state index in [4.69, 9.17) is 16.8 Å². The summed E-state index contributed by atoms with van der Waals surface area (Å²) in [6.07, 6.45) is 0.441. The van der Waals surface area contributed by atoms with E-state index in [9.17, 15) is 4.79 Å². The second-order valence-corrected chi connectivity index (χ2v) is 2.15. The van der Waals surface area contributed by atoms with Gasteiger partial charge in [-0.3, -0.25) is 5.21 Å². The molecule has 0 atom stereocenters. The molecule has 0 saturated carbocycles. The van der Waals surface area contributed by atoms with E-state index in [1.54, 1.807) is 6.07 Å². The third-order valence-corrected chi connectivity index (χ3v) is 1.30. The van der Waals surface area contributed by atoms with Gasteiger partial charge in [0.15, 0.2) is 10.9 Å². The molecule has 0 aliphatic carbocycles. The fourth-order valence-corrected chi connectivity index (χ4v) is 0.728. The number of halogens is 1. The lowest BCUT2D eigenvalue weighted by molar-refractivity contribution is 0.127. The maximum Gasteiger partial charge on any atom is 0.436 e. The van der Waals surface area contributed by atoms with Crippen LogP contribution in [0.3, 0.4) is 0 Å². The van der Waals surface area contributed by atoms with E-state index in [0.29, 0.717) is 0 Å². The number of pyridine rings is 1. The van der Waals surface area contributed by atoms with E-state index in [1.165, 1.54) is 17.7 Å². The highest BCUT2D eigenvalue weighted by atomic mass is 35.5. The SMILES string of the molecule is O=C(NO)Oc1cccnc1Cl. The number of amides is 1. The van der Waals surface area contributed by atoms with Crippen molar-refractivity contribution in [1.29, 1.82) is 0 Å². The van der Waals surface area contributed by atoms with Crippen molar-refractivity contribution in [1.82, 2.24) is 10.5 Å². The number of rotatable bonds is 1. The summed E-state index contributed by atoms with van der Waals surface area (Å²) >= 11 is 5.53. The maximum atomic E-state index is 10.5. The van der Waals surface area contributed by atoms with E-state index in [-0.39, 0.29) is 10.9 Å². The smallest absolute Gasteiger partial charge is 0.406 e. The predicted octanol–water partition coefficient (Wildman–Crippen LogP) is 1.21. The minimum atomic E-state index is -1.01. The molecular formula is C6H5ClN2O3. The largest absolute Gasteiger partial charge is 0.436 e. The molecule has 0 radical (unpaired) electrons. The van der Waals surface area contributed by atoms with Crippen molar-refractivity contribution in [3.63, 3.8) is 0 Å². The van der Waals surface area contributed by atoms with Gasteiger partial charge in [0.2, 0.25) is 0 Å². The van der Waals surface area contributed by atoms with Crippen molar-refractivity contribution in [3.8, 4) is 5.75 Å². The number of hydrogen-bond donors (Lipinski definition) is 2. The second-order valence-electron chi connectivity index (χ2n) is 1.79. The van der Waals surface area contributed by atoms with Gasteiger partial charge < -0.3 is 4.74 Å². The van der Waals surface area contributed by atoms with Crippen LogP contribution in [0.2, 0.25) is 5.15 Å². The molecule has 1 aromatic heterocycles. The summed E-state index contributed by atoms with van der Waals surface area (Å²) in [5, 5.41) is 8.16. The highest BCUT2D eigenvalue weighted by Crippen LogP contribution is 2.19. The summed E-state index contributed by atoms with van der Waals surface area (Å²) in [6.45, 7) is 0. The zero-order chi connectivity index (χ0) is 8.97. The standard InChI is InChI=1S/C6H5ClN2O3/c7-5-4(2-1-3-8-5)12-6(10)9-11/h1-3,11H,(H,9,10). The number of aromatic nitrogens is 1. The minimum Gasteiger partial charge on any atom is -0.406 e. The molecule has 0 aliphatic rings. The van der Waals surface area contributed by atoms with Gasteiger partial charge in [-0.25, -0.2) is 15.3 Å². The zero-order valence-corrected chi connectivity index (χ0v) is 6.58. The lowest BCUT2D eigenvalue weighted by atomic mass is 10.5. The van der Waals surface area contributed by atoms with Crippen LogP contribution in [0.1, 0.15) is 0 Å². The Labute approximate surface area is 72.9 Å². The summed E-state index contributed by atoms with van der Waals surface area (Å²) < 4.78 is 4.50. The van der Waals surface area contributed by atoms with Crippen LogP contribution in [0.4, 0.5) is 4.79 Å². The second kappa shape index (κ2) is 3.89. The van der Waals surface area contributed by atoms with Gasteiger partial charge in [-0.05, 0) is 12.1 Å². The average molecular weight is 189 g/mol. The lowest BCUT2D eigenvalue weighted by Crippen LogP contribution is -2.22. The number of hydroxylamine groups is 1. The van der Waals surface area contributed by atoms with Crippen molar-refractivity contribution in [3.05, 3.63) is 23.5 Å². The molecule has 0 unspecified atom stereocenters. The normalized spacial score (nSPS) is 9.17. The molecule has 2 N–H and O–H groups in total. The molecule has 5 nitrogen and oxygen atoms in total. The van der Waals surface area contributed by atoms with Crippen molar-refractivity contribution in [2.75, 3.05) is 0 Å². The molecule has 1 heterocycles. The first-order valence-electron chi connectivity index (χ1n) is 2.96. The Morgan fingerprint density at radius 3 is 3.08 bits per heavy atom. The highest BCUT2D eigenvalue weighted by molar-refractivity contribution is 6.30. The summed E-state index contributed by atoms with van der Waals surface area (Å²) in [7, 11) is 0. The molecule has 1 rings (SSSR count). The first-order valence-corrected chi connectivity index (χ1v) is 3.34. The van der Waals surface area contributed by atoms with Crippen LogP contribution in [0.15, 0.2) is 18.3 Å². The Hall–Kier alpha value is -1.33. The van der Waals surface area contributed by atoms with E-state index in [0.717, 1.165) is 0 Å². The van der Waals surface area contributed by atoms with Gasteiger partial charge >= 0.3 is 6.09 Å². The average Bonchev–Trinajstić information content (AvgIpc) is 2.09. The van der Waals surface area contributed by atoms with E-state index in [2.05, 4.69) is 9.72 Å². The number of nitrogens with one attached hydrogen (secondary N) is 1. The zero-order valence-electron chi connectivity index (χ0n) is 5.82. The number of nitrogens with zero attached hydrogens (tertiary/aromatic N) is 1. The molecular weight excluding hydrogens is 184 g/mol.